The first kappa shape index (κ1) is 24.0. The van der Waals surface area contributed by atoms with E-state index in [1.54, 1.807) is 22.9 Å². The number of aryl methyl sites for hydroxylation is 2. The quantitative estimate of drug-likeness (QED) is 0.262. The van der Waals surface area contributed by atoms with Crippen molar-refractivity contribution >= 4 is 40.9 Å². The van der Waals surface area contributed by atoms with E-state index in [0.717, 1.165) is 37.1 Å². The van der Waals surface area contributed by atoms with Crippen LogP contribution in [-0.2, 0) is 5.75 Å². The third-order valence-electron chi connectivity index (χ3n) is 5.56. The zero-order valence-electron chi connectivity index (χ0n) is 18.6. The van der Waals surface area contributed by atoms with E-state index in [0.29, 0.717) is 38.0 Å². The van der Waals surface area contributed by atoms with Crippen molar-refractivity contribution in [3.8, 4) is 5.69 Å². The maximum Gasteiger partial charge on any atom is 0.274 e. The number of amides is 1. The second kappa shape index (κ2) is 10.8. The van der Waals surface area contributed by atoms with Gasteiger partial charge in [-0.05, 0) is 51.0 Å². The van der Waals surface area contributed by atoms with E-state index in [1.165, 1.54) is 24.6 Å². The van der Waals surface area contributed by atoms with Crippen LogP contribution in [0.25, 0.3) is 5.69 Å². The molecule has 3 aromatic rings. The van der Waals surface area contributed by atoms with Crippen LogP contribution in [0.3, 0.4) is 0 Å². The van der Waals surface area contributed by atoms with Crippen LogP contribution in [0.1, 0.15) is 66.1 Å². The minimum absolute atomic E-state index is 0.161. The molecule has 1 N–H and O–H groups in total. The zero-order valence-corrected chi connectivity index (χ0v) is 21.0. The zero-order chi connectivity index (χ0) is 23.4. The van der Waals surface area contributed by atoms with E-state index in [4.69, 9.17) is 23.2 Å². The summed E-state index contributed by atoms with van der Waals surface area (Å²) in [6.45, 7) is 3.87. The molecule has 1 saturated carbocycles. The van der Waals surface area contributed by atoms with Crippen molar-refractivity contribution in [3.63, 3.8) is 0 Å². The van der Waals surface area contributed by atoms with Crippen LogP contribution in [0.4, 0.5) is 0 Å². The molecule has 174 valence electrons. The summed E-state index contributed by atoms with van der Waals surface area (Å²) in [6, 6.07) is 7.23. The fourth-order valence-corrected chi connectivity index (χ4v) is 5.50. The summed E-state index contributed by atoms with van der Waals surface area (Å²) in [5, 5.41) is 13.3. The second-order valence-corrected chi connectivity index (χ2v) is 10.1. The number of nitrogens with zero attached hydrogens (tertiary/aromatic N) is 5. The third kappa shape index (κ3) is 6.25. The maximum atomic E-state index is 13.2. The Balaban J connectivity index is 1.65. The molecule has 1 aliphatic rings. The van der Waals surface area contributed by atoms with Gasteiger partial charge in [0.1, 0.15) is 0 Å². The van der Waals surface area contributed by atoms with Crippen molar-refractivity contribution in [2.75, 3.05) is 0 Å². The summed E-state index contributed by atoms with van der Waals surface area (Å²) in [6.07, 6.45) is 6.68. The number of rotatable bonds is 6. The van der Waals surface area contributed by atoms with Crippen molar-refractivity contribution in [1.29, 1.82) is 0 Å². The minimum Gasteiger partial charge on any atom is -0.348 e. The molecule has 0 spiro atoms. The van der Waals surface area contributed by atoms with Gasteiger partial charge in [0, 0.05) is 33.2 Å². The molecule has 4 rings (SSSR count). The van der Waals surface area contributed by atoms with Gasteiger partial charge in [-0.15, -0.1) is 5.10 Å². The Morgan fingerprint density at radius 3 is 2.30 bits per heavy atom. The SMILES string of the molecule is Cc1cc(C)nc(SCc2c(C(=O)NC3CCCCCC3)nnn2-c2cc(Cl)cc(Cl)c2)n1. The lowest BCUT2D eigenvalue weighted by molar-refractivity contribution is 0.0927. The predicted octanol–water partition coefficient (Wildman–Crippen LogP) is 5.73. The van der Waals surface area contributed by atoms with Gasteiger partial charge in [-0.1, -0.05) is 65.9 Å². The third-order valence-corrected chi connectivity index (χ3v) is 6.86. The average Bonchev–Trinajstić information content (AvgIpc) is 3.00. The van der Waals surface area contributed by atoms with E-state index >= 15 is 0 Å². The first-order valence-corrected chi connectivity index (χ1v) is 12.8. The molecule has 1 amide bonds. The first-order chi connectivity index (χ1) is 15.9. The lowest BCUT2D eigenvalue weighted by Crippen LogP contribution is -2.35. The van der Waals surface area contributed by atoms with Gasteiger partial charge < -0.3 is 5.32 Å². The Hall–Kier alpha value is -2.16. The molecule has 1 aromatic carbocycles. The first-order valence-electron chi connectivity index (χ1n) is 11.1. The van der Waals surface area contributed by atoms with Gasteiger partial charge in [-0.3, -0.25) is 4.79 Å². The van der Waals surface area contributed by atoms with Crippen LogP contribution in [0.5, 0.6) is 0 Å². The molecule has 1 aliphatic carbocycles. The topological polar surface area (TPSA) is 85.6 Å². The molecule has 0 atom stereocenters. The smallest absolute Gasteiger partial charge is 0.274 e. The number of hydrogen-bond donors (Lipinski definition) is 1. The molecule has 0 aliphatic heterocycles. The molecule has 10 heteroatoms. The van der Waals surface area contributed by atoms with Crippen LogP contribution in [-0.4, -0.2) is 36.9 Å². The lowest BCUT2D eigenvalue weighted by atomic mass is 10.1. The second-order valence-electron chi connectivity index (χ2n) is 8.31. The standard InChI is InChI=1S/C23H26Cl2N6OS/c1-14-9-15(2)27-23(26-14)33-13-20-21(22(32)28-18-7-5-3-4-6-8-18)29-30-31(20)19-11-16(24)10-17(25)12-19/h9-12,18H,3-8,13H2,1-2H3,(H,28,32). The lowest BCUT2D eigenvalue weighted by Gasteiger charge is -2.16. The normalized spacial score (nSPS) is 14.8. The van der Waals surface area contributed by atoms with Gasteiger partial charge in [0.25, 0.3) is 5.91 Å². The molecule has 2 aromatic heterocycles. The Morgan fingerprint density at radius 2 is 1.67 bits per heavy atom. The number of hydrogen-bond acceptors (Lipinski definition) is 6. The molecule has 2 heterocycles. The Kier molecular flexibility index (Phi) is 7.88. The number of carbonyl (C=O) groups is 1. The number of carbonyl (C=O) groups excluding carboxylic acids is 1. The van der Waals surface area contributed by atoms with E-state index < -0.39 is 0 Å². The number of nitrogens with one attached hydrogen (secondary N) is 1. The largest absolute Gasteiger partial charge is 0.348 e. The molecule has 0 saturated heterocycles. The molecule has 7 nitrogen and oxygen atoms in total. The monoisotopic (exact) mass is 504 g/mol. The molecule has 33 heavy (non-hydrogen) atoms. The highest BCUT2D eigenvalue weighted by Crippen LogP contribution is 2.27. The van der Waals surface area contributed by atoms with Crippen LogP contribution in [0.15, 0.2) is 29.4 Å². The molecular weight excluding hydrogens is 479 g/mol. The highest BCUT2D eigenvalue weighted by atomic mass is 35.5. The van der Waals surface area contributed by atoms with Gasteiger partial charge in [0.15, 0.2) is 10.9 Å². The van der Waals surface area contributed by atoms with E-state index in [2.05, 4.69) is 25.6 Å². The summed E-state index contributed by atoms with van der Waals surface area (Å²) >= 11 is 13.9. The molecule has 0 unspecified atom stereocenters. The highest BCUT2D eigenvalue weighted by molar-refractivity contribution is 7.98. The van der Waals surface area contributed by atoms with Crippen LogP contribution < -0.4 is 5.32 Å². The summed E-state index contributed by atoms with van der Waals surface area (Å²) in [4.78, 5) is 22.2. The Bertz CT molecular complexity index is 1100. The van der Waals surface area contributed by atoms with E-state index in [1.807, 2.05) is 19.9 Å². The van der Waals surface area contributed by atoms with Crippen LogP contribution in [0, 0.1) is 13.8 Å². The van der Waals surface area contributed by atoms with Gasteiger partial charge in [-0.2, -0.15) is 0 Å². The van der Waals surface area contributed by atoms with Gasteiger partial charge >= 0.3 is 0 Å². The Labute approximate surface area is 207 Å². The maximum absolute atomic E-state index is 13.2. The van der Waals surface area contributed by atoms with Crippen molar-refractivity contribution in [1.82, 2.24) is 30.3 Å². The predicted molar refractivity (Wildman–Crippen MR) is 131 cm³/mol. The van der Waals surface area contributed by atoms with Crippen LogP contribution >= 0.6 is 35.0 Å². The van der Waals surface area contributed by atoms with Crippen molar-refractivity contribution in [3.05, 3.63) is 57.1 Å². The summed E-state index contributed by atoms with van der Waals surface area (Å²) < 4.78 is 1.62. The highest BCUT2D eigenvalue weighted by Gasteiger charge is 2.24. The van der Waals surface area contributed by atoms with Gasteiger partial charge in [-0.25, -0.2) is 14.6 Å². The van der Waals surface area contributed by atoms with Crippen molar-refractivity contribution in [2.45, 2.75) is 69.3 Å². The average molecular weight is 505 g/mol. The fraction of sp³-hybridized carbons (Fsp3) is 0.435. The number of thioether (sulfide) groups is 1. The Morgan fingerprint density at radius 1 is 1.03 bits per heavy atom. The fourth-order valence-electron chi connectivity index (χ4n) is 4.04. The number of halogens is 2. The van der Waals surface area contributed by atoms with E-state index in [9.17, 15) is 4.79 Å². The summed E-state index contributed by atoms with van der Waals surface area (Å²) in [7, 11) is 0. The van der Waals surface area contributed by atoms with Crippen LogP contribution in [0.2, 0.25) is 10.0 Å². The number of aromatic nitrogens is 5. The molecule has 1 fully saturated rings. The van der Waals surface area contributed by atoms with Gasteiger partial charge in [0.05, 0.1) is 11.4 Å². The molecule has 0 radical (unpaired) electrons. The minimum atomic E-state index is -0.210. The molecular formula is C23H26Cl2N6OS. The van der Waals surface area contributed by atoms with Crippen molar-refractivity contribution in [2.24, 2.45) is 0 Å². The molecule has 0 bridgehead atoms. The van der Waals surface area contributed by atoms with E-state index in [-0.39, 0.29) is 11.9 Å². The summed E-state index contributed by atoms with van der Waals surface area (Å²) in [5.74, 6) is 0.200. The van der Waals surface area contributed by atoms with Gasteiger partial charge in [0.2, 0.25) is 0 Å². The van der Waals surface area contributed by atoms with Crippen molar-refractivity contribution < 1.29 is 4.79 Å². The summed E-state index contributed by atoms with van der Waals surface area (Å²) in [5.41, 5.74) is 3.37. The number of benzene rings is 1.